The third-order valence-corrected chi connectivity index (χ3v) is 9.01. The highest BCUT2D eigenvalue weighted by molar-refractivity contribution is 6.31. The minimum Gasteiger partial charge on any atom is -0.356 e. The van der Waals surface area contributed by atoms with Crippen LogP contribution in [0.15, 0.2) is 42.5 Å². The molecule has 2 saturated carbocycles. The Balaban J connectivity index is 0.000000185. The van der Waals surface area contributed by atoms with Gasteiger partial charge in [-0.2, -0.15) is 0 Å². The van der Waals surface area contributed by atoms with E-state index in [1.807, 2.05) is 12.1 Å². The van der Waals surface area contributed by atoms with Crippen molar-refractivity contribution in [3.05, 3.63) is 63.9 Å². The number of hydrogen-bond acceptors (Lipinski definition) is 3. The Hall–Kier alpha value is -2.15. The minimum absolute atomic E-state index is 0.218. The quantitative estimate of drug-likeness (QED) is 0.316. The van der Waals surface area contributed by atoms with Crippen molar-refractivity contribution < 1.29 is 14.0 Å². The van der Waals surface area contributed by atoms with Crippen molar-refractivity contribution >= 4 is 41.7 Å². The molecule has 2 aromatic rings. The first-order valence-electron chi connectivity index (χ1n) is 14.2. The normalized spacial score (nSPS) is 22.4. The van der Waals surface area contributed by atoms with Crippen molar-refractivity contribution in [1.29, 1.82) is 0 Å². The highest BCUT2D eigenvalue weighted by Crippen LogP contribution is 2.45. The van der Waals surface area contributed by atoms with Crippen LogP contribution in [-0.2, 0) is 9.59 Å². The highest BCUT2D eigenvalue weighted by Gasteiger charge is 2.46. The molecule has 5 nitrogen and oxygen atoms in total. The van der Waals surface area contributed by atoms with Crippen molar-refractivity contribution in [3.63, 3.8) is 0 Å². The zero-order valence-electron chi connectivity index (χ0n) is 22.9. The zero-order chi connectivity index (χ0) is 28.1. The second kappa shape index (κ2) is 16.2. The van der Waals surface area contributed by atoms with Gasteiger partial charge in [0.15, 0.2) is 0 Å². The van der Waals surface area contributed by atoms with Gasteiger partial charge >= 0.3 is 0 Å². The van der Waals surface area contributed by atoms with Crippen molar-refractivity contribution in [2.75, 3.05) is 11.9 Å². The Bertz CT molecular complexity index is 1040. The summed E-state index contributed by atoms with van der Waals surface area (Å²) in [5.41, 5.74) is 1.72. The fourth-order valence-electron chi connectivity index (χ4n) is 6.23. The molecule has 3 fully saturated rings. The Morgan fingerprint density at radius 2 is 1.59 bits per heavy atom. The van der Waals surface area contributed by atoms with Crippen molar-refractivity contribution in [2.45, 2.75) is 95.1 Å². The molecule has 1 aliphatic heterocycles. The topological polar surface area (TPSA) is 70.2 Å². The van der Waals surface area contributed by atoms with E-state index in [9.17, 15) is 14.0 Å². The van der Waals surface area contributed by atoms with Crippen LogP contribution in [0.1, 0.15) is 89.0 Å². The first-order valence-corrected chi connectivity index (χ1v) is 15.0. The molecule has 214 valence electrons. The van der Waals surface area contributed by atoms with E-state index in [1.165, 1.54) is 70.6 Å². The van der Waals surface area contributed by atoms with E-state index in [0.717, 1.165) is 18.5 Å². The summed E-state index contributed by atoms with van der Waals surface area (Å²) < 4.78 is 14.3. The summed E-state index contributed by atoms with van der Waals surface area (Å²) in [6.07, 6.45) is 15.4. The summed E-state index contributed by atoms with van der Waals surface area (Å²) in [7, 11) is 0. The summed E-state index contributed by atoms with van der Waals surface area (Å²) in [4.78, 5) is 19.9. The van der Waals surface area contributed by atoms with E-state index in [4.69, 9.17) is 23.2 Å². The van der Waals surface area contributed by atoms with E-state index < -0.39 is 0 Å². The second-order valence-corrected chi connectivity index (χ2v) is 11.7. The van der Waals surface area contributed by atoms with E-state index in [0.29, 0.717) is 29.1 Å². The lowest BCUT2D eigenvalue weighted by Gasteiger charge is -2.34. The molecule has 1 spiro atoms. The van der Waals surface area contributed by atoms with Gasteiger partial charge in [0, 0.05) is 34.8 Å². The van der Waals surface area contributed by atoms with Gasteiger partial charge in [-0.05, 0) is 61.4 Å². The van der Waals surface area contributed by atoms with Crippen LogP contribution in [0.2, 0.25) is 10.0 Å². The van der Waals surface area contributed by atoms with Crippen LogP contribution in [0.3, 0.4) is 0 Å². The summed E-state index contributed by atoms with van der Waals surface area (Å²) in [6, 6.07) is 12.8. The SMILES string of the molecule is CC1C(c2cccc(Cl)c2F)CNC12CCCCCC2.O=CNC1CCCCC1.O=CNc1cccc(Cl)c1. The standard InChI is InChI=1S/C17H23ClFN.C7H6ClNO.C7H13NO/c1-12-14(13-7-6-8-15(18)16(13)19)11-20-17(12)9-4-2-3-5-10-17;8-6-2-1-3-7(4-6)9-5-10;9-6-8-7-4-2-1-3-5-7/h6-8,12,14,20H,2-5,9-11H2,1H3;1-5H,(H,9,10);6-7H,1-5H2,(H,8,9). The van der Waals surface area contributed by atoms with Crippen molar-refractivity contribution in [3.8, 4) is 0 Å². The largest absolute Gasteiger partial charge is 0.356 e. The van der Waals surface area contributed by atoms with Gasteiger partial charge in [-0.25, -0.2) is 4.39 Å². The predicted molar refractivity (Wildman–Crippen MR) is 159 cm³/mol. The zero-order valence-corrected chi connectivity index (χ0v) is 24.4. The number of hydrogen-bond donors (Lipinski definition) is 3. The van der Waals surface area contributed by atoms with Gasteiger partial charge in [0.1, 0.15) is 5.82 Å². The summed E-state index contributed by atoms with van der Waals surface area (Å²) in [6.45, 7) is 3.16. The van der Waals surface area contributed by atoms with Crippen LogP contribution in [-0.4, -0.2) is 30.9 Å². The number of anilines is 1. The summed E-state index contributed by atoms with van der Waals surface area (Å²) >= 11 is 11.6. The number of nitrogens with one attached hydrogen (secondary N) is 3. The van der Waals surface area contributed by atoms with Crippen LogP contribution in [0.25, 0.3) is 0 Å². The van der Waals surface area contributed by atoms with Crippen LogP contribution in [0.4, 0.5) is 10.1 Å². The number of carbonyl (C=O) groups excluding carboxylic acids is 2. The average Bonchev–Trinajstić information content (AvgIpc) is 3.09. The van der Waals surface area contributed by atoms with Crippen LogP contribution in [0.5, 0.6) is 0 Å². The van der Waals surface area contributed by atoms with Gasteiger partial charge in [-0.15, -0.1) is 0 Å². The van der Waals surface area contributed by atoms with Crippen molar-refractivity contribution in [2.24, 2.45) is 5.92 Å². The number of benzene rings is 2. The number of rotatable bonds is 5. The summed E-state index contributed by atoms with van der Waals surface area (Å²) in [5.74, 6) is 0.485. The molecule has 39 heavy (non-hydrogen) atoms. The molecule has 0 aromatic heterocycles. The van der Waals surface area contributed by atoms with E-state index in [1.54, 1.807) is 30.3 Å². The molecule has 2 unspecified atom stereocenters. The van der Waals surface area contributed by atoms with E-state index in [2.05, 4.69) is 22.9 Å². The fourth-order valence-corrected chi connectivity index (χ4v) is 6.60. The lowest BCUT2D eigenvalue weighted by molar-refractivity contribution is -0.110. The Morgan fingerprint density at radius 3 is 2.23 bits per heavy atom. The Morgan fingerprint density at radius 1 is 0.923 bits per heavy atom. The van der Waals surface area contributed by atoms with Gasteiger partial charge in [-0.3, -0.25) is 9.59 Å². The average molecular weight is 579 g/mol. The molecule has 2 aliphatic carbocycles. The lowest BCUT2D eigenvalue weighted by atomic mass is 9.74. The number of amides is 2. The maximum Gasteiger partial charge on any atom is 0.211 e. The van der Waals surface area contributed by atoms with Crippen LogP contribution >= 0.6 is 23.2 Å². The predicted octanol–water partition coefficient (Wildman–Crippen LogP) is 7.87. The molecule has 0 bridgehead atoms. The first-order chi connectivity index (χ1) is 18.9. The van der Waals surface area contributed by atoms with Gasteiger partial charge in [-0.1, -0.05) is 93.3 Å². The maximum absolute atomic E-state index is 14.3. The molecule has 2 aromatic carbocycles. The minimum atomic E-state index is -0.224. The lowest BCUT2D eigenvalue weighted by Crippen LogP contribution is -2.43. The van der Waals surface area contributed by atoms with Crippen LogP contribution < -0.4 is 16.0 Å². The molecule has 1 heterocycles. The summed E-state index contributed by atoms with van der Waals surface area (Å²) in [5, 5.41) is 9.90. The molecule has 5 rings (SSSR count). The van der Waals surface area contributed by atoms with E-state index >= 15 is 0 Å². The van der Waals surface area contributed by atoms with Crippen molar-refractivity contribution in [1.82, 2.24) is 10.6 Å². The second-order valence-electron chi connectivity index (χ2n) is 10.9. The molecule has 3 N–H and O–H groups in total. The Kier molecular flexibility index (Phi) is 13.0. The van der Waals surface area contributed by atoms with E-state index in [-0.39, 0.29) is 22.3 Å². The molecule has 2 amide bonds. The smallest absolute Gasteiger partial charge is 0.211 e. The molecule has 8 heteroatoms. The van der Waals surface area contributed by atoms with Gasteiger partial charge < -0.3 is 16.0 Å². The van der Waals surface area contributed by atoms with Gasteiger partial charge in [0.2, 0.25) is 12.8 Å². The van der Waals surface area contributed by atoms with Gasteiger partial charge in [0.05, 0.1) is 5.02 Å². The Labute approximate surface area is 242 Å². The monoisotopic (exact) mass is 577 g/mol. The molecule has 0 radical (unpaired) electrons. The molecule has 2 atom stereocenters. The molecular weight excluding hydrogens is 536 g/mol. The number of halogens is 3. The van der Waals surface area contributed by atoms with Gasteiger partial charge in [0.25, 0.3) is 0 Å². The highest BCUT2D eigenvalue weighted by atomic mass is 35.5. The third-order valence-electron chi connectivity index (χ3n) is 8.49. The fraction of sp³-hybridized carbons (Fsp3) is 0.548. The molecule has 3 aliphatic rings. The number of carbonyl (C=O) groups is 2. The molecular formula is C31H42Cl2FN3O2. The third kappa shape index (κ3) is 9.19. The maximum atomic E-state index is 14.3. The van der Waals surface area contributed by atoms with Crippen LogP contribution in [0, 0.1) is 11.7 Å². The first kappa shape index (κ1) is 31.4. The molecule has 1 saturated heterocycles.